The lowest BCUT2D eigenvalue weighted by atomic mass is 9.98. The molecule has 0 unspecified atom stereocenters. The summed E-state index contributed by atoms with van der Waals surface area (Å²) in [5.74, 6) is -0.888. The van der Waals surface area contributed by atoms with Crippen molar-refractivity contribution < 1.29 is 9.90 Å². The number of anilines is 3. The van der Waals surface area contributed by atoms with Crippen molar-refractivity contribution in [2.24, 2.45) is 0 Å². The van der Waals surface area contributed by atoms with Crippen LogP contribution in [0.2, 0.25) is 0 Å². The van der Waals surface area contributed by atoms with E-state index in [2.05, 4.69) is 0 Å². The quantitative estimate of drug-likeness (QED) is 0.625. The Morgan fingerprint density at radius 3 is 2.32 bits per heavy atom. The summed E-state index contributed by atoms with van der Waals surface area (Å²) in [6, 6.07) is 10.3. The molecule has 0 amide bonds. The maximum absolute atomic E-state index is 10.7. The predicted molar refractivity (Wildman–Crippen MR) is 76.5 cm³/mol. The van der Waals surface area contributed by atoms with Crippen molar-refractivity contribution in [1.29, 1.82) is 0 Å². The highest BCUT2D eigenvalue weighted by molar-refractivity contribution is 5.86. The van der Waals surface area contributed by atoms with Crippen LogP contribution in [0.1, 0.15) is 5.56 Å². The minimum Gasteiger partial charge on any atom is -0.481 e. The van der Waals surface area contributed by atoms with Gasteiger partial charge in [-0.2, -0.15) is 0 Å². The normalized spacial score (nSPS) is 10.3. The highest BCUT2D eigenvalue weighted by Gasteiger charge is 2.09. The highest BCUT2D eigenvalue weighted by atomic mass is 16.4. The Labute approximate surface area is 110 Å². The molecule has 5 heteroatoms. The average molecular weight is 257 g/mol. The van der Waals surface area contributed by atoms with E-state index in [0.29, 0.717) is 22.6 Å². The van der Waals surface area contributed by atoms with Crippen LogP contribution in [0.3, 0.4) is 0 Å². The largest absolute Gasteiger partial charge is 0.481 e. The lowest BCUT2D eigenvalue weighted by molar-refractivity contribution is -0.136. The zero-order chi connectivity index (χ0) is 14.0. The first kappa shape index (κ1) is 12.8. The summed E-state index contributed by atoms with van der Waals surface area (Å²) in [4.78, 5) is 10.7. The second-order valence-electron chi connectivity index (χ2n) is 4.34. The van der Waals surface area contributed by atoms with E-state index in [4.69, 9.17) is 22.3 Å². The van der Waals surface area contributed by atoms with Crippen LogP contribution in [0.25, 0.3) is 11.1 Å². The van der Waals surface area contributed by atoms with Crippen LogP contribution in [0.15, 0.2) is 36.4 Å². The molecule has 0 spiro atoms. The molecule has 0 aromatic heterocycles. The summed E-state index contributed by atoms with van der Waals surface area (Å²) in [7, 11) is 0. The number of hydrogen-bond acceptors (Lipinski definition) is 4. The smallest absolute Gasteiger partial charge is 0.307 e. The number of rotatable bonds is 3. The van der Waals surface area contributed by atoms with Crippen LogP contribution in [0, 0.1) is 0 Å². The molecule has 2 aromatic carbocycles. The van der Waals surface area contributed by atoms with Crippen molar-refractivity contribution in [3.63, 3.8) is 0 Å². The Balaban J connectivity index is 2.51. The van der Waals surface area contributed by atoms with Crippen LogP contribution in [0.4, 0.5) is 17.1 Å². The first-order valence-corrected chi connectivity index (χ1v) is 5.73. The molecule has 0 saturated carbocycles. The van der Waals surface area contributed by atoms with Gasteiger partial charge in [-0.05, 0) is 29.8 Å². The van der Waals surface area contributed by atoms with Gasteiger partial charge in [0.25, 0.3) is 0 Å². The molecule has 0 aliphatic heterocycles. The zero-order valence-corrected chi connectivity index (χ0v) is 10.3. The van der Waals surface area contributed by atoms with Crippen LogP contribution in [-0.4, -0.2) is 11.1 Å². The fourth-order valence-electron chi connectivity index (χ4n) is 1.95. The molecule has 5 nitrogen and oxygen atoms in total. The number of carboxylic acids is 1. The van der Waals surface area contributed by atoms with E-state index >= 15 is 0 Å². The van der Waals surface area contributed by atoms with Crippen molar-refractivity contribution in [2.45, 2.75) is 6.42 Å². The summed E-state index contributed by atoms with van der Waals surface area (Å²) in [5.41, 5.74) is 21.3. The Kier molecular flexibility index (Phi) is 3.29. The van der Waals surface area contributed by atoms with Gasteiger partial charge in [-0.15, -0.1) is 0 Å². The van der Waals surface area contributed by atoms with Crippen molar-refractivity contribution in [2.75, 3.05) is 17.2 Å². The predicted octanol–water partition coefficient (Wildman–Crippen LogP) is 1.73. The maximum atomic E-state index is 10.7. The van der Waals surface area contributed by atoms with Crippen molar-refractivity contribution >= 4 is 23.0 Å². The molecule has 0 bridgehead atoms. The van der Waals surface area contributed by atoms with E-state index in [0.717, 1.165) is 11.1 Å². The average Bonchev–Trinajstić information content (AvgIpc) is 2.31. The first-order chi connectivity index (χ1) is 8.97. The SMILES string of the molecule is Nc1ccc(-c2cc(CC(=O)O)ccc2N)c(N)c1. The van der Waals surface area contributed by atoms with Gasteiger partial charge in [0, 0.05) is 28.2 Å². The summed E-state index contributed by atoms with van der Waals surface area (Å²) in [5, 5.41) is 8.82. The van der Waals surface area contributed by atoms with E-state index in [9.17, 15) is 4.79 Å². The second kappa shape index (κ2) is 4.89. The standard InChI is InChI=1S/C14H15N3O2/c15-9-2-3-10(13(17)7-9)11-5-8(6-14(18)19)1-4-12(11)16/h1-5,7H,6,15-17H2,(H,18,19). The lowest BCUT2D eigenvalue weighted by Gasteiger charge is -2.11. The summed E-state index contributed by atoms with van der Waals surface area (Å²) in [6.45, 7) is 0. The Bertz CT molecular complexity index is 639. The lowest BCUT2D eigenvalue weighted by Crippen LogP contribution is -2.02. The van der Waals surface area contributed by atoms with Gasteiger partial charge < -0.3 is 22.3 Å². The second-order valence-corrected chi connectivity index (χ2v) is 4.34. The van der Waals surface area contributed by atoms with E-state index in [1.165, 1.54) is 0 Å². The van der Waals surface area contributed by atoms with Crippen LogP contribution < -0.4 is 17.2 Å². The minimum absolute atomic E-state index is 0.0534. The molecule has 7 N–H and O–H groups in total. The first-order valence-electron chi connectivity index (χ1n) is 5.73. The van der Waals surface area contributed by atoms with Gasteiger partial charge in [-0.25, -0.2) is 0 Å². The Morgan fingerprint density at radius 1 is 0.947 bits per heavy atom. The molecule has 0 radical (unpaired) electrons. The van der Waals surface area contributed by atoms with E-state index in [1.807, 2.05) is 0 Å². The third-order valence-electron chi connectivity index (χ3n) is 2.84. The fourth-order valence-corrected chi connectivity index (χ4v) is 1.95. The van der Waals surface area contributed by atoms with Gasteiger partial charge >= 0.3 is 5.97 Å². The number of carbonyl (C=O) groups is 1. The maximum Gasteiger partial charge on any atom is 0.307 e. The van der Waals surface area contributed by atoms with Crippen molar-refractivity contribution in [3.05, 3.63) is 42.0 Å². The van der Waals surface area contributed by atoms with Gasteiger partial charge in [-0.3, -0.25) is 4.79 Å². The highest BCUT2D eigenvalue weighted by Crippen LogP contribution is 2.32. The minimum atomic E-state index is -0.888. The van der Waals surface area contributed by atoms with E-state index < -0.39 is 5.97 Å². The van der Waals surface area contributed by atoms with Gasteiger partial charge in [0.2, 0.25) is 0 Å². The van der Waals surface area contributed by atoms with Crippen molar-refractivity contribution in [1.82, 2.24) is 0 Å². The molecule has 0 aliphatic rings. The molecule has 0 fully saturated rings. The number of hydrogen-bond donors (Lipinski definition) is 4. The third kappa shape index (κ3) is 2.77. The molecular weight excluding hydrogens is 242 g/mol. The molecule has 98 valence electrons. The van der Waals surface area contributed by atoms with Crippen molar-refractivity contribution in [3.8, 4) is 11.1 Å². The molecule has 2 aromatic rings. The van der Waals surface area contributed by atoms with Gasteiger partial charge in [0.1, 0.15) is 0 Å². The molecular formula is C14H15N3O2. The molecule has 0 aliphatic carbocycles. The van der Waals surface area contributed by atoms with Crippen LogP contribution in [-0.2, 0) is 11.2 Å². The molecule has 0 atom stereocenters. The number of nitrogen functional groups attached to an aromatic ring is 3. The molecule has 19 heavy (non-hydrogen) atoms. The molecule has 2 rings (SSSR count). The van der Waals surface area contributed by atoms with Gasteiger partial charge in [0.15, 0.2) is 0 Å². The fraction of sp³-hybridized carbons (Fsp3) is 0.0714. The number of nitrogens with two attached hydrogens (primary N) is 3. The molecule has 0 heterocycles. The summed E-state index contributed by atoms with van der Waals surface area (Å²) < 4.78 is 0. The third-order valence-corrected chi connectivity index (χ3v) is 2.84. The summed E-state index contributed by atoms with van der Waals surface area (Å²) >= 11 is 0. The van der Waals surface area contributed by atoms with Crippen LogP contribution in [0.5, 0.6) is 0 Å². The number of aliphatic carboxylic acids is 1. The van der Waals surface area contributed by atoms with E-state index in [-0.39, 0.29) is 6.42 Å². The number of benzene rings is 2. The Morgan fingerprint density at radius 2 is 1.68 bits per heavy atom. The topological polar surface area (TPSA) is 115 Å². The summed E-state index contributed by atoms with van der Waals surface area (Å²) in [6.07, 6.45) is -0.0534. The zero-order valence-electron chi connectivity index (χ0n) is 10.3. The number of carboxylic acid groups (broad SMARTS) is 1. The van der Waals surface area contributed by atoms with E-state index in [1.54, 1.807) is 36.4 Å². The van der Waals surface area contributed by atoms with Gasteiger partial charge in [-0.1, -0.05) is 12.1 Å². The monoisotopic (exact) mass is 257 g/mol. The molecule has 0 saturated heterocycles. The Hall–Kier alpha value is -2.69. The van der Waals surface area contributed by atoms with Gasteiger partial charge in [0.05, 0.1) is 6.42 Å². The van der Waals surface area contributed by atoms with Crippen LogP contribution >= 0.6 is 0 Å².